The first-order valence-electron chi connectivity index (χ1n) is 8.07. The summed E-state index contributed by atoms with van der Waals surface area (Å²) >= 11 is 0. The number of rotatable bonds is 8. The molecule has 4 nitrogen and oxygen atoms in total. The summed E-state index contributed by atoms with van der Waals surface area (Å²) in [5.74, 6) is 0.996. The van der Waals surface area contributed by atoms with Crippen molar-refractivity contribution in [1.82, 2.24) is 15.1 Å². The fourth-order valence-electron chi connectivity index (χ4n) is 2.54. The van der Waals surface area contributed by atoms with Crippen LogP contribution >= 0.6 is 0 Å². The van der Waals surface area contributed by atoms with Crippen molar-refractivity contribution in [3.63, 3.8) is 0 Å². The number of aromatic nitrogens is 2. The second kappa shape index (κ2) is 7.97. The van der Waals surface area contributed by atoms with Crippen LogP contribution in [0.4, 0.5) is 0 Å². The molecule has 2 aromatic rings. The van der Waals surface area contributed by atoms with E-state index < -0.39 is 0 Å². The van der Waals surface area contributed by atoms with Gasteiger partial charge in [-0.2, -0.15) is 5.10 Å². The van der Waals surface area contributed by atoms with E-state index in [1.807, 2.05) is 17.7 Å². The summed E-state index contributed by atoms with van der Waals surface area (Å²) in [6.45, 7) is 14.3. The molecular formula is C19H27N3O. The summed E-state index contributed by atoms with van der Waals surface area (Å²) in [7, 11) is 0. The van der Waals surface area contributed by atoms with Gasteiger partial charge in [0.2, 0.25) is 0 Å². The molecule has 4 heteroatoms. The largest absolute Gasteiger partial charge is 0.491 e. The van der Waals surface area contributed by atoms with E-state index in [1.165, 1.54) is 16.7 Å². The molecule has 1 atom stereocenters. The lowest BCUT2D eigenvalue weighted by Gasteiger charge is -2.17. The van der Waals surface area contributed by atoms with Crippen LogP contribution in [0, 0.1) is 20.8 Å². The summed E-state index contributed by atoms with van der Waals surface area (Å²) < 4.78 is 7.91. The third-order valence-electron chi connectivity index (χ3n) is 3.89. The van der Waals surface area contributed by atoms with Crippen LogP contribution < -0.4 is 10.1 Å². The van der Waals surface area contributed by atoms with Gasteiger partial charge in [0.25, 0.3) is 0 Å². The van der Waals surface area contributed by atoms with Gasteiger partial charge in [0.1, 0.15) is 12.4 Å². The first kappa shape index (κ1) is 17.3. The summed E-state index contributed by atoms with van der Waals surface area (Å²) in [5.41, 5.74) is 4.63. The van der Waals surface area contributed by atoms with Crippen LogP contribution in [0.15, 0.2) is 37.1 Å². The Balaban J connectivity index is 1.85. The number of hydrogen-bond donors (Lipinski definition) is 1. The summed E-state index contributed by atoms with van der Waals surface area (Å²) in [4.78, 5) is 0. The molecule has 2 rings (SSSR count). The third kappa shape index (κ3) is 4.70. The quantitative estimate of drug-likeness (QED) is 0.758. The Labute approximate surface area is 139 Å². The molecule has 0 fully saturated rings. The standard InChI is InChI=1S/C19H27N3O/c1-6-10-22-12-18(17(5)21-22)11-20-16(4)13-23-19-14(2)8-7-9-15(19)3/h6-9,12,16,20H,1,10-11,13H2,2-5H3/t16-/m0/s1. The number of benzene rings is 1. The number of aryl methyl sites for hydroxylation is 3. The van der Waals surface area contributed by atoms with Crippen LogP contribution in [0.3, 0.4) is 0 Å². The van der Waals surface area contributed by atoms with E-state index in [-0.39, 0.29) is 6.04 Å². The highest BCUT2D eigenvalue weighted by atomic mass is 16.5. The van der Waals surface area contributed by atoms with E-state index in [1.54, 1.807) is 0 Å². The van der Waals surface area contributed by atoms with Gasteiger partial charge < -0.3 is 10.1 Å². The molecule has 0 saturated carbocycles. The van der Waals surface area contributed by atoms with Gasteiger partial charge >= 0.3 is 0 Å². The number of hydrogen-bond acceptors (Lipinski definition) is 3. The van der Waals surface area contributed by atoms with Gasteiger partial charge in [-0.05, 0) is 38.8 Å². The molecule has 0 spiro atoms. The van der Waals surface area contributed by atoms with Crippen molar-refractivity contribution in [3.05, 3.63) is 59.4 Å². The van der Waals surface area contributed by atoms with Gasteiger partial charge in [0.05, 0.1) is 12.2 Å². The predicted octanol–water partition coefficient (Wildman–Crippen LogP) is 3.55. The molecule has 1 N–H and O–H groups in total. The molecule has 1 aromatic carbocycles. The van der Waals surface area contributed by atoms with Gasteiger partial charge in [-0.3, -0.25) is 4.68 Å². The van der Waals surface area contributed by atoms with Crippen molar-refractivity contribution in [2.45, 2.75) is 46.8 Å². The smallest absolute Gasteiger partial charge is 0.125 e. The molecule has 124 valence electrons. The molecule has 0 unspecified atom stereocenters. The maximum atomic E-state index is 6.00. The lowest BCUT2D eigenvalue weighted by molar-refractivity contribution is 0.269. The Morgan fingerprint density at radius 1 is 1.30 bits per heavy atom. The normalized spacial score (nSPS) is 12.2. The minimum atomic E-state index is 0.260. The molecule has 1 heterocycles. The molecule has 0 bridgehead atoms. The molecule has 0 amide bonds. The second-order valence-electron chi connectivity index (χ2n) is 6.06. The number of nitrogens with zero attached hydrogens (tertiary/aromatic N) is 2. The van der Waals surface area contributed by atoms with Crippen LogP contribution in [0.2, 0.25) is 0 Å². The topological polar surface area (TPSA) is 39.1 Å². The predicted molar refractivity (Wildman–Crippen MR) is 94.9 cm³/mol. The Morgan fingerprint density at radius 2 is 2.00 bits per heavy atom. The number of allylic oxidation sites excluding steroid dienone is 1. The zero-order valence-electron chi connectivity index (χ0n) is 14.6. The Hall–Kier alpha value is -2.07. The van der Waals surface area contributed by atoms with E-state index in [4.69, 9.17) is 4.74 Å². The van der Waals surface area contributed by atoms with E-state index >= 15 is 0 Å². The van der Waals surface area contributed by atoms with Gasteiger partial charge in [-0.15, -0.1) is 6.58 Å². The molecule has 0 aliphatic heterocycles. The molecule has 0 saturated heterocycles. The molecule has 1 aromatic heterocycles. The number of ether oxygens (including phenoxy) is 1. The van der Waals surface area contributed by atoms with Crippen molar-refractivity contribution in [1.29, 1.82) is 0 Å². The highest BCUT2D eigenvalue weighted by Gasteiger charge is 2.09. The number of nitrogens with one attached hydrogen (secondary N) is 1. The van der Waals surface area contributed by atoms with Crippen LogP contribution in [0.1, 0.15) is 29.3 Å². The molecule has 0 aliphatic carbocycles. The van der Waals surface area contributed by atoms with E-state index in [9.17, 15) is 0 Å². The zero-order chi connectivity index (χ0) is 16.8. The van der Waals surface area contributed by atoms with Crippen LogP contribution in [0.5, 0.6) is 5.75 Å². The summed E-state index contributed by atoms with van der Waals surface area (Å²) in [6.07, 6.45) is 3.92. The lowest BCUT2D eigenvalue weighted by atomic mass is 10.1. The van der Waals surface area contributed by atoms with Crippen molar-refractivity contribution in [3.8, 4) is 5.75 Å². The average molecular weight is 313 g/mol. The highest BCUT2D eigenvalue weighted by Crippen LogP contribution is 2.22. The Morgan fingerprint density at radius 3 is 2.65 bits per heavy atom. The van der Waals surface area contributed by atoms with Crippen molar-refractivity contribution in [2.24, 2.45) is 0 Å². The molecule has 0 aliphatic rings. The third-order valence-corrected chi connectivity index (χ3v) is 3.89. The Bertz CT molecular complexity index is 640. The van der Waals surface area contributed by atoms with E-state index in [0.29, 0.717) is 6.61 Å². The highest BCUT2D eigenvalue weighted by molar-refractivity contribution is 5.39. The SMILES string of the molecule is C=CCn1cc(CN[C@@H](C)COc2c(C)cccc2C)c(C)n1. The van der Waals surface area contributed by atoms with Gasteiger partial charge in [-0.25, -0.2) is 0 Å². The lowest BCUT2D eigenvalue weighted by Crippen LogP contribution is -2.31. The molecule has 0 radical (unpaired) electrons. The van der Waals surface area contributed by atoms with Crippen molar-refractivity contribution in [2.75, 3.05) is 6.61 Å². The van der Waals surface area contributed by atoms with Gasteiger partial charge in [0, 0.05) is 24.3 Å². The van der Waals surface area contributed by atoms with E-state index in [2.05, 4.69) is 62.2 Å². The fraction of sp³-hybridized carbons (Fsp3) is 0.421. The summed E-state index contributed by atoms with van der Waals surface area (Å²) in [6, 6.07) is 6.48. The monoisotopic (exact) mass is 313 g/mol. The van der Waals surface area contributed by atoms with Crippen molar-refractivity contribution < 1.29 is 4.74 Å². The maximum absolute atomic E-state index is 6.00. The maximum Gasteiger partial charge on any atom is 0.125 e. The van der Waals surface area contributed by atoms with Gasteiger partial charge in [0.15, 0.2) is 0 Å². The van der Waals surface area contributed by atoms with Crippen LogP contribution in [-0.4, -0.2) is 22.4 Å². The number of para-hydroxylation sites is 1. The minimum Gasteiger partial charge on any atom is -0.491 e. The van der Waals surface area contributed by atoms with E-state index in [0.717, 1.165) is 24.5 Å². The van der Waals surface area contributed by atoms with Gasteiger partial charge in [-0.1, -0.05) is 24.3 Å². The average Bonchev–Trinajstić information content (AvgIpc) is 2.85. The second-order valence-corrected chi connectivity index (χ2v) is 6.06. The zero-order valence-corrected chi connectivity index (χ0v) is 14.6. The molecule has 23 heavy (non-hydrogen) atoms. The van der Waals surface area contributed by atoms with Crippen molar-refractivity contribution >= 4 is 0 Å². The minimum absolute atomic E-state index is 0.260. The first-order chi connectivity index (χ1) is 11.0. The summed E-state index contributed by atoms with van der Waals surface area (Å²) in [5, 5.41) is 7.97. The Kier molecular flexibility index (Phi) is 5.99. The van der Waals surface area contributed by atoms with Crippen LogP contribution in [-0.2, 0) is 13.1 Å². The fourth-order valence-corrected chi connectivity index (χ4v) is 2.54. The van der Waals surface area contributed by atoms with Crippen LogP contribution in [0.25, 0.3) is 0 Å². The molecular weight excluding hydrogens is 286 g/mol. The first-order valence-corrected chi connectivity index (χ1v) is 8.07.